The molecule has 2 saturated heterocycles. The van der Waals surface area contributed by atoms with E-state index in [1.807, 2.05) is 0 Å². The topological polar surface area (TPSA) is 225 Å². The van der Waals surface area contributed by atoms with Gasteiger partial charge in [-0.25, -0.2) is 0 Å². The van der Waals surface area contributed by atoms with Gasteiger partial charge in [0.05, 0.1) is 19.8 Å². The van der Waals surface area contributed by atoms with Crippen molar-refractivity contribution in [3.05, 3.63) is 36.5 Å². The van der Waals surface area contributed by atoms with Crippen LogP contribution in [0.2, 0.25) is 0 Å². The molecule has 0 bridgehead atoms. The SMILES string of the molecule is CC/C=C/C/C=C/C/C=C/CCCCCCCC(=O)OCC(O)COC1OC(COC2OC(CO)C(O)C(O)C2O)C(O)C(O)C1O. The number of hydrogen-bond donors (Lipinski definition) is 8. The second-order valence-electron chi connectivity index (χ2n) is 11.8. The minimum Gasteiger partial charge on any atom is -0.463 e. The van der Waals surface area contributed by atoms with Crippen LogP contribution in [0.1, 0.15) is 71.1 Å². The molecule has 0 aromatic carbocycles. The molecule has 0 aliphatic carbocycles. The van der Waals surface area contributed by atoms with Crippen LogP contribution in [0.3, 0.4) is 0 Å². The van der Waals surface area contributed by atoms with E-state index in [9.17, 15) is 45.6 Å². The van der Waals surface area contributed by atoms with Gasteiger partial charge in [-0.15, -0.1) is 0 Å². The number of carbonyl (C=O) groups excluding carboxylic acids is 1. The molecule has 2 rings (SSSR count). The molecule has 0 spiro atoms. The molecule has 272 valence electrons. The molecule has 0 aromatic rings. The van der Waals surface area contributed by atoms with Crippen LogP contribution in [0, 0.1) is 0 Å². The number of aliphatic hydroxyl groups is 8. The molecule has 14 nitrogen and oxygen atoms in total. The van der Waals surface area contributed by atoms with Gasteiger partial charge in [-0.05, 0) is 38.5 Å². The lowest BCUT2D eigenvalue weighted by Crippen LogP contribution is -2.61. The van der Waals surface area contributed by atoms with E-state index in [-0.39, 0.29) is 13.0 Å². The van der Waals surface area contributed by atoms with Crippen LogP contribution in [0.25, 0.3) is 0 Å². The van der Waals surface area contributed by atoms with Gasteiger partial charge in [-0.3, -0.25) is 4.79 Å². The Balaban J connectivity index is 1.59. The second kappa shape index (κ2) is 23.5. The van der Waals surface area contributed by atoms with Gasteiger partial charge in [0.15, 0.2) is 12.6 Å². The number of carbonyl (C=O) groups is 1. The Morgan fingerprint density at radius 2 is 1.23 bits per heavy atom. The van der Waals surface area contributed by atoms with E-state index in [1.54, 1.807) is 0 Å². The maximum atomic E-state index is 12.1. The van der Waals surface area contributed by atoms with Crippen LogP contribution in [0.5, 0.6) is 0 Å². The molecule has 47 heavy (non-hydrogen) atoms. The maximum absolute atomic E-state index is 12.1. The minimum atomic E-state index is -1.73. The predicted molar refractivity (Wildman–Crippen MR) is 169 cm³/mol. The molecule has 2 heterocycles. The molecule has 8 N–H and O–H groups in total. The molecule has 0 radical (unpaired) electrons. The summed E-state index contributed by atoms with van der Waals surface area (Å²) >= 11 is 0. The number of aliphatic hydroxyl groups excluding tert-OH is 8. The van der Waals surface area contributed by atoms with Gasteiger partial charge in [0.25, 0.3) is 0 Å². The Morgan fingerprint density at radius 3 is 1.89 bits per heavy atom. The van der Waals surface area contributed by atoms with Crippen LogP contribution in [0.4, 0.5) is 0 Å². The predicted octanol–water partition coefficient (Wildman–Crippen LogP) is 0.121. The molecule has 2 fully saturated rings. The Bertz CT molecular complexity index is 927. The fraction of sp³-hybridized carbons (Fsp3) is 0.788. The van der Waals surface area contributed by atoms with E-state index in [1.165, 1.54) is 0 Å². The van der Waals surface area contributed by atoms with Crippen LogP contribution in [-0.4, -0.2) is 141 Å². The summed E-state index contributed by atoms with van der Waals surface area (Å²) in [6.07, 6.45) is 5.21. The van der Waals surface area contributed by atoms with E-state index in [0.717, 1.165) is 51.4 Å². The lowest BCUT2D eigenvalue weighted by atomic mass is 9.98. The minimum absolute atomic E-state index is 0.220. The van der Waals surface area contributed by atoms with Crippen molar-refractivity contribution < 1.29 is 69.3 Å². The number of unbranched alkanes of at least 4 members (excludes halogenated alkanes) is 5. The van der Waals surface area contributed by atoms with E-state index in [4.69, 9.17) is 23.7 Å². The summed E-state index contributed by atoms with van der Waals surface area (Å²) < 4.78 is 26.6. The quantitative estimate of drug-likeness (QED) is 0.0433. The molecule has 2 aliphatic rings. The smallest absolute Gasteiger partial charge is 0.305 e. The highest BCUT2D eigenvalue weighted by atomic mass is 16.7. The number of esters is 1. The molecular weight excluding hydrogens is 620 g/mol. The Hall–Kier alpha value is -1.79. The van der Waals surface area contributed by atoms with Crippen molar-refractivity contribution in [1.29, 1.82) is 0 Å². The fourth-order valence-corrected chi connectivity index (χ4v) is 4.99. The van der Waals surface area contributed by atoms with Crippen LogP contribution in [0.15, 0.2) is 36.5 Å². The zero-order valence-electron chi connectivity index (χ0n) is 27.2. The molecule has 0 aromatic heterocycles. The van der Waals surface area contributed by atoms with Gasteiger partial charge in [0, 0.05) is 6.42 Å². The summed E-state index contributed by atoms with van der Waals surface area (Å²) in [6, 6.07) is 0. The third-order valence-electron chi connectivity index (χ3n) is 7.86. The zero-order valence-corrected chi connectivity index (χ0v) is 27.2. The van der Waals surface area contributed by atoms with Crippen LogP contribution in [-0.2, 0) is 28.5 Å². The average molecular weight is 677 g/mol. The zero-order chi connectivity index (χ0) is 34.6. The molecule has 0 saturated carbocycles. The van der Waals surface area contributed by atoms with E-state index in [0.29, 0.717) is 6.42 Å². The molecular formula is C33H56O14. The summed E-state index contributed by atoms with van der Waals surface area (Å²) in [4.78, 5) is 12.1. The van der Waals surface area contributed by atoms with Gasteiger partial charge < -0.3 is 64.5 Å². The molecule has 0 amide bonds. The monoisotopic (exact) mass is 676 g/mol. The van der Waals surface area contributed by atoms with Crippen molar-refractivity contribution >= 4 is 5.97 Å². The number of ether oxygens (including phenoxy) is 5. The highest BCUT2D eigenvalue weighted by Gasteiger charge is 2.47. The number of hydrogen-bond acceptors (Lipinski definition) is 14. The molecule has 11 unspecified atom stereocenters. The van der Waals surface area contributed by atoms with Gasteiger partial charge in [0.1, 0.15) is 61.5 Å². The normalized spacial score (nSPS) is 32.4. The van der Waals surface area contributed by atoms with E-state index in [2.05, 4.69) is 43.4 Å². The number of allylic oxidation sites excluding steroid dienone is 6. The molecule has 2 aliphatic heterocycles. The molecule has 14 heteroatoms. The van der Waals surface area contributed by atoms with Crippen LogP contribution < -0.4 is 0 Å². The first-order chi connectivity index (χ1) is 22.6. The Kier molecular flexibility index (Phi) is 20.7. The first-order valence-electron chi connectivity index (χ1n) is 16.6. The highest BCUT2D eigenvalue weighted by Crippen LogP contribution is 2.26. The van der Waals surface area contributed by atoms with Gasteiger partial charge in [-0.1, -0.05) is 62.6 Å². The van der Waals surface area contributed by atoms with Gasteiger partial charge >= 0.3 is 5.97 Å². The van der Waals surface area contributed by atoms with Crippen molar-refractivity contribution in [2.45, 2.75) is 139 Å². The van der Waals surface area contributed by atoms with Crippen molar-refractivity contribution in [3.8, 4) is 0 Å². The summed E-state index contributed by atoms with van der Waals surface area (Å²) in [6.45, 7) is 0.155. The Morgan fingerprint density at radius 1 is 0.681 bits per heavy atom. The highest BCUT2D eigenvalue weighted by molar-refractivity contribution is 5.69. The summed E-state index contributed by atoms with van der Waals surface area (Å²) in [5.41, 5.74) is 0. The lowest BCUT2D eigenvalue weighted by molar-refractivity contribution is -0.332. The van der Waals surface area contributed by atoms with Gasteiger partial charge in [0.2, 0.25) is 0 Å². The maximum Gasteiger partial charge on any atom is 0.305 e. The average Bonchev–Trinajstić information content (AvgIpc) is 3.06. The standard InChI is InChI=1S/C33H56O14/c1-2-3-4-5-6-7-8-9-10-11-12-13-14-15-16-17-25(36)43-19-22(35)20-44-32-31(42)29(40)27(38)24(47-32)21-45-33-30(41)28(39)26(37)23(18-34)46-33/h3-4,6-7,9-10,22-24,26-35,37-42H,2,5,8,11-21H2,1H3/b4-3+,7-6+,10-9+. The lowest BCUT2D eigenvalue weighted by Gasteiger charge is -2.42. The van der Waals surface area contributed by atoms with Gasteiger partial charge in [-0.2, -0.15) is 0 Å². The largest absolute Gasteiger partial charge is 0.463 e. The van der Waals surface area contributed by atoms with Crippen molar-refractivity contribution in [2.75, 3.05) is 26.4 Å². The Labute approximate surface area is 276 Å². The van der Waals surface area contributed by atoms with Crippen LogP contribution >= 0.6 is 0 Å². The summed E-state index contributed by atoms with van der Waals surface area (Å²) in [5.74, 6) is -0.455. The summed E-state index contributed by atoms with van der Waals surface area (Å²) in [7, 11) is 0. The first-order valence-corrected chi connectivity index (χ1v) is 16.6. The molecule has 11 atom stereocenters. The first kappa shape index (κ1) is 41.4. The third-order valence-corrected chi connectivity index (χ3v) is 7.86. The van der Waals surface area contributed by atoms with Crippen molar-refractivity contribution in [1.82, 2.24) is 0 Å². The van der Waals surface area contributed by atoms with Crippen molar-refractivity contribution in [3.63, 3.8) is 0 Å². The number of rotatable bonds is 22. The third kappa shape index (κ3) is 15.1. The summed E-state index contributed by atoms with van der Waals surface area (Å²) in [5, 5.41) is 80.3. The second-order valence-corrected chi connectivity index (χ2v) is 11.8. The van der Waals surface area contributed by atoms with Crippen molar-refractivity contribution in [2.24, 2.45) is 0 Å². The van der Waals surface area contributed by atoms with E-state index < -0.39 is 93.3 Å². The fourth-order valence-electron chi connectivity index (χ4n) is 4.99. The van der Waals surface area contributed by atoms with E-state index >= 15 is 0 Å².